The number of nitrogens with zero attached hydrogens (tertiary/aromatic N) is 1. The van der Waals surface area contributed by atoms with Crippen molar-refractivity contribution in [2.45, 2.75) is 77.7 Å². The monoisotopic (exact) mass is 325 g/mol. The first-order valence-electron chi connectivity index (χ1n) is 9.38. The van der Waals surface area contributed by atoms with E-state index >= 15 is 0 Å². The Morgan fingerprint density at radius 2 is 2.09 bits per heavy atom. The first kappa shape index (κ1) is 19.9. The third-order valence-electron chi connectivity index (χ3n) is 4.86. The Morgan fingerprint density at radius 1 is 1.30 bits per heavy atom. The van der Waals surface area contributed by atoms with Gasteiger partial charge in [0.15, 0.2) is 0 Å². The lowest BCUT2D eigenvalue weighted by molar-refractivity contribution is -0.136. The molecule has 0 aromatic rings. The zero-order valence-corrected chi connectivity index (χ0v) is 15.0. The fourth-order valence-corrected chi connectivity index (χ4v) is 3.30. The number of hydrogen-bond acceptors (Lipinski definition) is 3. The number of likely N-dealkylation sites (tertiary alicyclic amines) is 1. The van der Waals surface area contributed by atoms with Gasteiger partial charge >= 0.3 is 0 Å². The molecule has 23 heavy (non-hydrogen) atoms. The molecule has 0 bridgehead atoms. The molecule has 2 unspecified atom stereocenters. The number of rotatable bonds is 10. The highest BCUT2D eigenvalue weighted by atomic mass is 16.2. The molecule has 1 saturated heterocycles. The van der Waals surface area contributed by atoms with E-state index in [1.165, 1.54) is 12.8 Å². The summed E-state index contributed by atoms with van der Waals surface area (Å²) in [5.41, 5.74) is 5.40. The van der Waals surface area contributed by atoms with Gasteiger partial charge in [-0.3, -0.25) is 9.59 Å². The van der Waals surface area contributed by atoms with E-state index in [4.69, 9.17) is 5.73 Å². The van der Waals surface area contributed by atoms with Crippen molar-refractivity contribution in [2.75, 3.05) is 19.6 Å². The molecule has 0 aromatic carbocycles. The maximum absolute atomic E-state index is 12.7. The predicted molar refractivity (Wildman–Crippen MR) is 94.0 cm³/mol. The van der Waals surface area contributed by atoms with E-state index < -0.39 is 0 Å². The Kier molecular flexibility index (Phi) is 9.92. The van der Waals surface area contributed by atoms with Gasteiger partial charge in [-0.05, 0) is 31.6 Å². The normalized spacial score (nSPS) is 19.4. The highest BCUT2D eigenvalue weighted by Crippen LogP contribution is 2.22. The van der Waals surface area contributed by atoms with Crippen LogP contribution in [-0.4, -0.2) is 42.4 Å². The average Bonchev–Trinajstić information content (AvgIpc) is 2.57. The first-order valence-corrected chi connectivity index (χ1v) is 9.38. The minimum atomic E-state index is -0.0140. The van der Waals surface area contributed by atoms with Crippen LogP contribution in [0.5, 0.6) is 0 Å². The molecule has 1 rings (SSSR count). The third kappa shape index (κ3) is 7.34. The quantitative estimate of drug-likeness (QED) is 0.648. The van der Waals surface area contributed by atoms with Gasteiger partial charge in [-0.2, -0.15) is 0 Å². The lowest BCUT2D eigenvalue weighted by Crippen LogP contribution is -2.49. The van der Waals surface area contributed by atoms with E-state index in [2.05, 4.69) is 19.2 Å². The molecule has 1 heterocycles. The van der Waals surface area contributed by atoms with E-state index in [9.17, 15) is 9.59 Å². The minimum absolute atomic E-state index is 0.0140. The summed E-state index contributed by atoms with van der Waals surface area (Å²) >= 11 is 0. The van der Waals surface area contributed by atoms with Gasteiger partial charge in [0.1, 0.15) is 0 Å². The second kappa shape index (κ2) is 11.4. The van der Waals surface area contributed by atoms with Crippen LogP contribution in [0.2, 0.25) is 0 Å². The largest absolute Gasteiger partial charge is 0.354 e. The van der Waals surface area contributed by atoms with Gasteiger partial charge in [-0.15, -0.1) is 0 Å². The summed E-state index contributed by atoms with van der Waals surface area (Å²) < 4.78 is 0. The van der Waals surface area contributed by atoms with Crippen LogP contribution in [-0.2, 0) is 9.59 Å². The summed E-state index contributed by atoms with van der Waals surface area (Å²) in [7, 11) is 0. The third-order valence-corrected chi connectivity index (χ3v) is 4.86. The Bertz CT molecular complexity index is 360. The zero-order valence-electron chi connectivity index (χ0n) is 15.0. The number of piperidine rings is 1. The molecule has 5 nitrogen and oxygen atoms in total. The molecule has 1 fully saturated rings. The van der Waals surface area contributed by atoms with Gasteiger partial charge in [0.05, 0.1) is 0 Å². The molecular weight excluding hydrogens is 290 g/mol. The summed E-state index contributed by atoms with van der Waals surface area (Å²) in [6.45, 7) is 6.14. The predicted octanol–water partition coefficient (Wildman–Crippen LogP) is 2.44. The van der Waals surface area contributed by atoms with Gasteiger partial charge in [0.25, 0.3) is 0 Å². The fourth-order valence-electron chi connectivity index (χ4n) is 3.30. The molecule has 134 valence electrons. The second-order valence-corrected chi connectivity index (χ2v) is 6.70. The summed E-state index contributed by atoms with van der Waals surface area (Å²) in [6.07, 6.45) is 8.80. The van der Waals surface area contributed by atoms with E-state index in [1.54, 1.807) is 0 Å². The van der Waals surface area contributed by atoms with Crippen molar-refractivity contribution in [3.63, 3.8) is 0 Å². The highest BCUT2D eigenvalue weighted by molar-refractivity contribution is 5.78. The van der Waals surface area contributed by atoms with Crippen LogP contribution in [0.4, 0.5) is 0 Å². The van der Waals surface area contributed by atoms with Crippen molar-refractivity contribution in [1.29, 1.82) is 0 Å². The van der Waals surface area contributed by atoms with Crippen LogP contribution in [0.3, 0.4) is 0 Å². The maximum atomic E-state index is 12.7. The minimum Gasteiger partial charge on any atom is -0.354 e. The van der Waals surface area contributed by atoms with Gasteiger partial charge < -0.3 is 16.0 Å². The number of hydrogen-bond donors (Lipinski definition) is 2. The molecule has 0 spiro atoms. The van der Waals surface area contributed by atoms with Crippen molar-refractivity contribution in [3.05, 3.63) is 0 Å². The number of unbranched alkanes of at least 4 members (excludes halogenated alkanes) is 1. The molecule has 5 heteroatoms. The second-order valence-electron chi connectivity index (χ2n) is 6.70. The molecule has 1 aliphatic heterocycles. The topological polar surface area (TPSA) is 75.4 Å². The maximum Gasteiger partial charge on any atom is 0.223 e. The van der Waals surface area contributed by atoms with Crippen LogP contribution in [0.1, 0.15) is 71.6 Å². The summed E-state index contributed by atoms with van der Waals surface area (Å²) in [4.78, 5) is 26.3. The Balaban J connectivity index is 2.51. The van der Waals surface area contributed by atoms with Crippen LogP contribution < -0.4 is 11.1 Å². The van der Waals surface area contributed by atoms with E-state index in [1.807, 2.05) is 4.90 Å². The fraction of sp³-hybridized carbons (Fsp3) is 0.889. The smallest absolute Gasteiger partial charge is 0.223 e. The van der Waals surface area contributed by atoms with Crippen LogP contribution >= 0.6 is 0 Å². The number of amides is 2. The van der Waals surface area contributed by atoms with Crippen LogP contribution in [0, 0.1) is 5.92 Å². The number of nitrogens with one attached hydrogen (secondary N) is 1. The Hall–Kier alpha value is -1.10. The molecule has 0 aromatic heterocycles. The van der Waals surface area contributed by atoms with E-state index in [0.29, 0.717) is 31.8 Å². The van der Waals surface area contributed by atoms with E-state index in [0.717, 1.165) is 38.6 Å². The van der Waals surface area contributed by atoms with Crippen molar-refractivity contribution in [2.24, 2.45) is 11.7 Å². The SMILES string of the molecule is CCCCC(CC)CC(=O)N1CCCCC1CNC(=O)CCN. The van der Waals surface area contributed by atoms with Gasteiger partial charge in [0.2, 0.25) is 11.8 Å². The van der Waals surface area contributed by atoms with Crippen LogP contribution in [0.25, 0.3) is 0 Å². The lowest BCUT2D eigenvalue weighted by atomic mass is 9.93. The molecule has 1 aliphatic rings. The molecule has 0 radical (unpaired) electrons. The highest BCUT2D eigenvalue weighted by Gasteiger charge is 2.27. The number of nitrogens with two attached hydrogens (primary N) is 1. The Morgan fingerprint density at radius 3 is 2.74 bits per heavy atom. The van der Waals surface area contributed by atoms with Crippen molar-refractivity contribution in [1.82, 2.24) is 10.2 Å². The summed E-state index contributed by atoms with van der Waals surface area (Å²) in [5.74, 6) is 0.752. The molecule has 0 aliphatic carbocycles. The standard InChI is InChI=1S/C18H35N3O2/c1-3-5-8-15(4-2)13-18(23)21-12-7-6-9-16(21)14-20-17(22)10-11-19/h15-16H,3-14,19H2,1-2H3,(H,20,22). The molecular formula is C18H35N3O2. The van der Waals surface area contributed by atoms with Gasteiger partial charge in [-0.25, -0.2) is 0 Å². The molecule has 2 atom stereocenters. The summed E-state index contributed by atoms with van der Waals surface area (Å²) in [6, 6.07) is 0.154. The molecule has 0 saturated carbocycles. The molecule has 2 amide bonds. The lowest BCUT2D eigenvalue weighted by Gasteiger charge is -2.36. The Labute approximate surface area is 141 Å². The zero-order chi connectivity index (χ0) is 17.1. The van der Waals surface area contributed by atoms with Crippen molar-refractivity contribution < 1.29 is 9.59 Å². The van der Waals surface area contributed by atoms with Crippen molar-refractivity contribution >= 4 is 11.8 Å². The van der Waals surface area contributed by atoms with Gasteiger partial charge in [0, 0.05) is 38.5 Å². The van der Waals surface area contributed by atoms with E-state index in [-0.39, 0.29) is 17.9 Å². The van der Waals surface area contributed by atoms with Crippen LogP contribution in [0.15, 0.2) is 0 Å². The number of carbonyl (C=O) groups is 2. The average molecular weight is 325 g/mol. The van der Waals surface area contributed by atoms with Gasteiger partial charge in [-0.1, -0.05) is 33.1 Å². The first-order chi connectivity index (χ1) is 11.1. The number of carbonyl (C=O) groups excluding carboxylic acids is 2. The van der Waals surface area contributed by atoms with Crippen molar-refractivity contribution in [3.8, 4) is 0 Å². The summed E-state index contributed by atoms with van der Waals surface area (Å²) in [5, 5.41) is 2.93. The molecule has 3 N–H and O–H groups in total.